The molecule has 2 N–H and O–H groups in total. The predicted molar refractivity (Wildman–Crippen MR) is 95.7 cm³/mol. The molecule has 25 heavy (non-hydrogen) atoms. The van der Waals surface area contributed by atoms with Gasteiger partial charge in [0, 0.05) is 5.56 Å². The Kier molecular flexibility index (Phi) is 6.08. The molecule has 0 amide bonds. The van der Waals surface area contributed by atoms with Gasteiger partial charge in [-0.3, -0.25) is 5.43 Å². The number of anilines is 1. The number of carboxylic acids is 1. The van der Waals surface area contributed by atoms with Crippen LogP contribution in [0.3, 0.4) is 0 Å². The summed E-state index contributed by atoms with van der Waals surface area (Å²) in [6.45, 7) is 0. The Bertz CT molecular complexity index is 808. The lowest BCUT2D eigenvalue weighted by atomic mass is 10.2. The van der Waals surface area contributed by atoms with Crippen LogP contribution in [0, 0.1) is 0 Å². The third-order valence-electron chi connectivity index (χ3n) is 3.33. The van der Waals surface area contributed by atoms with Gasteiger partial charge in [-0.25, -0.2) is 4.79 Å². The van der Waals surface area contributed by atoms with Crippen molar-refractivity contribution in [2.45, 2.75) is 0 Å². The Balaban J connectivity index is 2.26. The molecular weight excluding hydrogens is 348 g/mol. The van der Waals surface area contributed by atoms with Crippen molar-refractivity contribution in [2.75, 3.05) is 26.8 Å². The maximum Gasteiger partial charge on any atom is 0.337 e. The number of nitrogens with zero attached hydrogens (tertiary/aromatic N) is 1. The minimum absolute atomic E-state index is 0.00874. The van der Waals surface area contributed by atoms with Crippen LogP contribution in [0.1, 0.15) is 15.9 Å². The molecule has 0 aliphatic rings. The summed E-state index contributed by atoms with van der Waals surface area (Å²) in [5, 5.41) is 13.3. The SMILES string of the molecule is COc1ccc(C=NNc2ccc(Cl)c(C(=O)O)c2)c(OC)c1OC. The van der Waals surface area contributed by atoms with Crippen LogP contribution in [0.5, 0.6) is 17.2 Å². The lowest BCUT2D eigenvalue weighted by Gasteiger charge is -2.13. The Labute approximate surface area is 149 Å². The number of ether oxygens (including phenoxy) is 3. The van der Waals surface area contributed by atoms with E-state index in [1.165, 1.54) is 39.7 Å². The number of halogens is 1. The molecule has 0 unspecified atom stereocenters. The fourth-order valence-electron chi connectivity index (χ4n) is 2.16. The van der Waals surface area contributed by atoms with E-state index < -0.39 is 5.97 Å². The fourth-order valence-corrected chi connectivity index (χ4v) is 2.36. The van der Waals surface area contributed by atoms with Gasteiger partial charge in [-0.2, -0.15) is 5.10 Å². The van der Waals surface area contributed by atoms with Crippen molar-refractivity contribution in [3.05, 3.63) is 46.5 Å². The van der Waals surface area contributed by atoms with Crippen LogP contribution in [-0.4, -0.2) is 38.6 Å². The van der Waals surface area contributed by atoms with Crippen LogP contribution in [0.15, 0.2) is 35.4 Å². The molecule has 132 valence electrons. The van der Waals surface area contributed by atoms with Crippen LogP contribution in [-0.2, 0) is 0 Å². The zero-order valence-electron chi connectivity index (χ0n) is 13.9. The van der Waals surface area contributed by atoms with E-state index in [1.807, 2.05) is 0 Å². The highest BCUT2D eigenvalue weighted by molar-refractivity contribution is 6.33. The average Bonchev–Trinajstić information content (AvgIpc) is 2.62. The molecule has 0 saturated carbocycles. The number of hydrogen-bond acceptors (Lipinski definition) is 6. The molecule has 0 atom stereocenters. The van der Waals surface area contributed by atoms with Crippen LogP contribution in [0.4, 0.5) is 5.69 Å². The van der Waals surface area contributed by atoms with E-state index in [4.69, 9.17) is 30.9 Å². The highest BCUT2D eigenvalue weighted by Crippen LogP contribution is 2.39. The second kappa shape index (κ2) is 8.25. The molecule has 0 heterocycles. The maximum atomic E-state index is 11.1. The smallest absolute Gasteiger partial charge is 0.337 e. The maximum absolute atomic E-state index is 11.1. The van der Waals surface area contributed by atoms with Crippen LogP contribution in [0.25, 0.3) is 0 Å². The number of aromatic carboxylic acids is 1. The van der Waals surface area contributed by atoms with Crippen LogP contribution >= 0.6 is 11.6 Å². The molecule has 0 bridgehead atoms. The van der Waals surface area contributed by atoms with Crippen molar-refractivity contribution in [3.8, 4) is 17.2 Å². The predicted octanol–water partition coefficient (Wildman–Crippen LogP) is 3.51. The molecule has 2 aromatic rings. The van der Waals surface area contributed by atoms with E-state index in [1.54, 1.807) is 18.2 Å². The van der Waals surface area contributed by atoms with Crippen LogP contribution < -0.4 is 19.6 Å². The van der Waals surface area contributed by atoms with Crippen molar-refractivity contribution in [2.24, 2.45) is 5.10 Å². The van der Waals surface area contributed by atoms with Crippen LogP contribution in [0.2, 0.25) is 5.02 Å². The van der Waals surface area contributed by atoms with Gasteiger partial charge in [-0.15, -0.1) is 0 Å². The summed E-state index contributed by atoms with van der Waals surface area (Å²) in [4.78, 5) is 11.1. The first-order chi connectivity index (χ1) is 12.0. The summed E-state index contributed by atoms with van der Waals surface area (Å²) < 4.78 is 15.9. The van der Waals surface area contributed by atoms with E-state index in [-0.39, 0.29) is 10.6 Å². The minimum atomic E-state index is -1.11. The first-order valence-corrected chi connectivity index (χ1v) is 7.50. The first kappa shape index (κ1) is 18.4. The highest BCUT2D eigenvalue weighted by Gasteiger charge is 2.14. The molecule has 8 heteroatoms. The molecule has 0 spiro atoms. The summed E-state index contributed by atoms with van der Waals surface area (Å²) in [6.07, 6.45) is 1.52. The van der Waals surface area contributed by atoms with E-state index in [0.717, 1.165) is 0 Å². The second-order valence-electron chi connectivity index (χ2n) is 4.79. The van der Waals surface area contributed by atoms with Crippen molar-refractivity contribution in [3.63, 3.8) is 0 Å². The number of carboxylic acid groups (broad SMARTS) is 1. The Morgan fingerprint density at radius 3 is 2.44 bits per heavy atom. The summed E-state index contributed by atoms with van der Waals surface area (Å²) in [5.41, 5.74) is 3.88. The summed E-state index contributed by atoms with van der Waals surface area (Å²) in [7, 11) is 4.56. The summed E-state index contributed by atoms with van der Waals surface area (Å²) >= 11 is 5.83. The first-order valence-electron chi connectivity index (χ1n) is 7.12. The quantitative estimate of drug-likeness (QED) is 0.577. The molecule has 2 rings (SSSR count). The van der Waals surface area contributed by atoms with Gasteiger partial charge >= 0.3 is 5.97 Å². The number of benzene rings is 2. The van der Waals surface area contributed by atoms with Gasteiger partial charge in [-0.1, -0.05) is 11.6 Å². The number of methoxy groups -OCH3 is 3. The molecule has 0 fully saturated rings. The fraction of sp³-hybridized carbons (Fsp3) is 0.176. The number of hydrazone groups is 1. The van der Waals surface area contributed by atoms with Gasteiger partial charge in [0.1, 0.15) is 0 Å². The van der Waals surface area contributed by atoms with E-state index in [0.29, 0.717) is 28.5 Å². The standard InChI is InChI=1S/C17H17ClN2O5/c1-23-14-7-4-10(15(24-2)16(14)25-3)9-19-20-11-5-6-13(18)12(8-11)17(21)22/h4-9,20H,1-3H3,(H,21,22). The van der Waals surface area contributed by atoms with Gasteiger partial charge in [0.15, 0.2) is 11.5 Å². The van der Waals surface area contributed by atoms with E-state index >= 15 is 0 Å². The van der Waals surface area contributed by atoms with Gasteiger partial charge in [0.05, 0.1) is 43.8 Å². The molecule has 0 radical (unpaired) electrons. The van der Waals surface area contributed by atoms with E-state index in [2.05, 4.69) is 10.5 Å². The van der Waals surface area contributed by atoms with Crippen molar-refractivity contribution < 1.29 is 24.1 Å². The second-order valence-corrected chi connectivity index (χ2v) is 5.20. The molecular formula is C17H17ClN2O5. The molecule has 0 aliphatic carbocycles. The van der Waals surface area contributed by atoms with Crippen molar-refractivity contribution >= 4 is 29.5 Å². The van der Waals surface area contributed by atoms with Gasteiger partial charge in [0.25, 0.3) is 0 Å². The normalized spacial score (nSPS) is 10.6. The highest BCUT2D eigenvalue weighted by atomic mass is 35.5. The Hall–Kier alpha value is -2.93. The molecule has 7 nitrogen and oxygen atoms in total. The molecule has 2 aromatic carbocycles. The van der Waals surface area contributed by atoms with Gasteiger partial charge < -0.3 is 19.3 Å². The Morgan fingerprint density at radius 1 is 1.12 bits per heavy atom. The summed E-state index contributed by atoms with van der Waals surface area (Å²) in [5.74, 6) is 0.343. The Morgan fingerprint density at radius 2 is 1.84 bits per heavy atom. The molecule has 0 aliphatic heterocycles. The molecule has 0 aromatic heterocycles. The lowest BCUT2D eigenvalue weighted by Crippen LogP contribution is -2.00. The monoisotopic (exact) mass is 364 g/mol. The van der Waals surface area contributed by atoms with E-state index in [9.17, 15) is 4.79 Å². The van der Waals surface area contributed by atoms with Crippen molar-refractivity contribution in [1.29, 1.82) is 0 Å². The number of rotatable bonds is 7. The average molecular weight is 365 g/mol. The zero-order valence-corrected chi connectivity index (χ0v) is 14.6. The minimum Gasteiger partial charge on any atom is -0.493 e. The number of nitrogens with one attached hydrogen (secondary N) is 1. The van der Waals surface area contributed by atoms with Gasteiger partial charge in [0.2, 0.25) is 5.75 Å². The third-order valence-corrected chi connectivity index (χ3v) is 3.66. The lowest BCUT2D eigenvalue weighted by molar-refractivity contribution is 0.0697. The molecule has 0 saturated heterocycles. The number of hydrogen-bond donors (Lipinski definition) is 2. The summed E-state index contributed by atoms with van der Waals surface area (Å²) in [6, 6.07) is 8.00. The zero-order chi connectivity index (χ0) is 18.4. The van der Waals surface area contributed by atoms with Gasteiger partial charge in [-0.05, 0) is 30.3 Å². The topological polar surface area (TPSA) is 89.4 Å². The number of carbonyl (C=O) groups is 1. The largest absolute Gasteiger partial charge is 0.493 e. The van der Waals surface area contributed by atoms with Crippen molar-refractivity contribution in [1.82, 2.24) is 0 Å². The third kappa shape index (κ3) is 4.13.